The average molecular weight is 349 g/mol. The van der Waals surface area contributed by atoms with E-state index >= 15 is 0 Å². The lowest BCUT2D eigenvalue weighted by molar-refractivity contribution is 0.0601. The number of fused-ring (bicyclic) bond motifs is 1. The second-order valence-electron chi connectivity index (χ2n) is 4.03. The van der Waals surface area contributed by atoms with Gasteiger partial charge in [0.15, 0.2) is 0 Å². The molecule has 4 nitrogen and oxygen atoms in total. The lowest BCUT2D eigenvalue weighted by Crippen LogP contribution is -2.00. The normalized spacial score (nSPS) is 10.7. The minimum atomic E-state index is -0.339. The Morgan fingerprint density at radius 2 is 1.80 bits per heavy atom. The van der Waals surface area contributed by atoms with Gasteiger partial charge in [0.1, 0.15) is 11.0 Å². The summed E-state index contributed by atoms with van der Waals surface area (Å²) in [5.41, 5.74) is 3.24. The molecule has 0 atom stereocenters. The average Bonchev–Trinajstić information content (AvgIpc) is 2.84. The summed E-state index contributed by atoms with van der Waals surface area (Å²) in [6.07, 6.45) is 3.34. The van der Waals surface area contributed by atoms with Crippen molar-refractivity contribution >= 4 is 44.3 Å². The van der Waals surface area contributed by atoms with Gasteiger partial charge in [-0.15, -0.1) is 11.3 Å². The van der Waals surface area contributed by atoms with Crippen molar-refractivity contribution in [2.45, 2.75) is 0 Å². The van der Waals surface area contributed by atoms with Crippen molar-refractivity contribution in [3.63, 3.8) is 0 Å². The molecule has 0 fully saturated rings. The molecule has 0 aliphatic heterocycles. The molecule has 0 amide bonds. The number of nitrogens with zero attached hydrogens (tertiary/aromatic N) is 2. The minimum Gasteiger partial charge on any atom is -0.465 e. The molecule has 0 radical (unpaired) electrons. The van der Waals surface area contributed by atoms with Crippen LogP contribution < -0.4 is 0 Å². The maximum absolute atomic E-state index is 11.4. The number of hydrogen-bond acceptors (Lipinski definition) is 5. The molecule has 3 rings (SSSR count). The maximum Gasteiger partial charge on any atom is 0.337 e. The number of aromatic nitrogens is 2. The van der Waals surface area contributed by atoms with Crippen LogP contribution in [0, 0.1) is 0 Å². The van der Waals surface area contributed by atoms with Crippen molar-refractivity contribution in [1.29, 1.82) is 0 Å². The Kier molecular flexibility index (Phi) is 3.50. The quantitative estimate of drug-likeness (QED) is 0.659. The van der Waals surface area contributed by atoms with Crippen LogP contribution in [0.3, 0.4) is 0 Å². The highest BCUT2D eigenvalue weighted by atomic mass is 79.9. The second-order valence-corrected chi connectivity index (χ2v) is 6.37. The van der Waals surface area contributed by atoms with E-state index in [2.05, 4.69) is 25.9 Å². The summed E-state index contributed by atoms with van der Waals surface area (Å²) >= 11 is 5.08. The van der Waals surface area contributed by atoms with Gasteiger partial charge in [-0.25, -0.2) is 4.79 Å². The zero-order chi connectivity index (χ0) is 14.1. The van der Waals surface area contributed by atoms with Gasteiger partial charge >= 0.3 is 5.97 Å². The summed E-state index contributed by atoms with van der Waals surface area (Å²) < 4.78 is 5.64. The fourth-order valence-electron chi connectivity index (χ4n) is 1.91. The SMILES string of the molecule is COC(=O)c1ccc(-c2sc(Br)c3nccnc23)cc1. The van der Waals surface area contributed by atoms with Crippen molar-refractivity contribution < 1.29 is 9.53 Å². The van der Waals surface area contributed by atoms with Crippen LogP contribution in [0.1, 0.15) is 10.4 Å². The highest BCUT2D eigenvalue weighted by Crippen LogP contribution is 2.39. The van der Waals surface area contributed by atoms with Crippen LogP contribution in [0.15, 0.2) is 40.4 Å². The zero-order valence-electron chi connectivity index (χ0n) is 10.5. The number of halogens is 1. The molecule has 0 spiro atoms. The van der Waals surface area contributed by atoms with E-state index in [9.17, 15) is 4.79 Å². The van der Waals surface area contributed by atoms with Crippen LogP contribution in [0.25, 0.3) is 21.5 Å². The molecular formula is C14H9BrN2O2S. The van der Waals surface area contributed by atoms with Gasteiger partial charge in [-0.05, 0) is 33.6 Å². The Hall–Kier alpha value is -1.79. The third-order valence-corrected chi connectivity index (χ3v) is 4.73. The van der Waals surface area contributed by atoms with Gasteiger partial charge < -0.3 is 4.74 Å². The standard InChI is InChI=1S/C14H9BrN2O2S/c1-19-14(18)9-4-2-8(3-5-9)12-10-11(13(15)20-12)17-7-6-16-10/h2-7H,1H3. The molecule has 0 aliphatic carbocycles. The van der Waals surface area contributed by atoms with Crippen LogP contribution >= 0.6 is 27.3 Å². The van der Waals surface area contributed by atoms with Crippen molar-refractivity contribution in [2.24, 2.45) is 0 Å². The van der Waals surface area contributed by atoms with E-state index in [4.69, 9.17) is 4.74 Å². The summed E-state index contributed by atoms with van der Waals surface area (Å²) in [4.78, 5) is 21.1. The van der Waals surface area contributed by atoms with E-state index in [1.54, 1.807) is 35.9 Å². The van der Waals surface area contributed by atoms with Gasteiger partial charge in [0.2, 0.25) is 0 Å². The summed E-state index contributed by atoms with van der Waals surface area (Å²) in [5, 5.41) is 0. The van der Waals surface area contributed by atoms with E-state index < -0.39 is 0 Å². The molecule has 2 aromatic heterocycles. The molecule has 6 heteroatoms. The molecular weight excluding hydrogens is 340 g/mol. The molecule has 20 heavy (non-hydrogen) atoms. The van der Waals surface area contributed by atoms with Crippen molar-refractivity contribution in [3.05, 3.63) is 46.0 Å². The number of carbonyl (C=O) groups excluding carboxylic acids is 1. The maximum atomic E-state index is 11.4. The molecule has 1 aromatic carbocycles. The molecule has 2 heterocycles. The third-order valence-electron chi connectivity index (χ3n) is 2.86. The number of thiophene rings is 1. The second kappa shape index (κ2) is 5.30. The molecule has 100 valence electrons. The highest BCUT2D eigenvalue weighted by Gasteiger charge is 2.14. The molecule has 0 N–H and O–H groups in total. The van der Waals surface area contributed by atoms with E-state index in [-0.39, 0.29) is 5.97 Å². The van der Waals surface area contributed by atoms with Crippen LogP contribution in [0.2, 0.25) is 0 Å². The summed E-state index contributed by atoms with van der Waals surface area (Å²) in [5.74, 6) is -0.339. The van der Waals surface area contributed by atoms with E-state index in [1.165, 1.54) is 7.11 Å². The lowest BCUT2D eigenvalue weighted by atomic mass is 10.1. The summed E-state index contributed by atoms with van der Waals surface area (Å²) in [6.45, 7) is 0. The molecule has 0 saturated carbocycles. The predicted octanol–water partition coefficient (Wildman–Crippen LogP) is 3.91. The highest BCUT2D eigenvalue weighted by molar-refractivity contribution is 9.11. The summed E-state index contributed by atoms with van der Waals surface area (Å²) in [6, 6.07) is 7.27. The molecule has 0 saturated heterocycles. The van der Waals surface area contributed by atoms with Gasteiger partial charge in [0.25, 0.3) is 0 Å². The number of benzene rings is 1. The number of esters is 1. The Morgan fingerprint density at radius 3 is 2.45 bits per heavy atom. The van der Waals surface area contributed by atoms with Crippen LogP contribution in [-0.2, 0) is 4.74 Å². The van der Waals surface area contributed by atoms with E-state index in [1.807, 2.05) is 12.1 Å². The molecule has 3 aromatic rings. The van der Waals surface area contributed by atoms with Gasteiger partial charge in [-0.1, -0.05) is 12.1 Å². The first-order valence-corrected chi connectivity index (χ1v) is 7.39. The smallest absolute Gasteiger partial charge is 0.337 e. The molecule has 0 bridgehead atoms. The number of methoxy groups -OCH3 is 1. The van der Waals surface area contributed by atoms with E-state index in [0.29, 0.717) is 5.56 Å². The van der Waals surface area contributed by atoms with Crippen LogP contribution in [0.4, 0.5) is 0 Å². The zero-order valence-corrected chi connectivity index (χ0v) is 12.9. The fraction of sp³-hybridized carbons (Fsp3) is 0.0714. The van der Waals surface area contributed by atoms with E-state index in [0.717, 1.165) is 25.3 Å². The number of ether oxygens (including phenoxy) is 1. The topological polar surface area (TPSA) is 52.1 Å². The van der Waals surface area contributed by atoms with Crippen molar-refractivity contribution in [1.82, 2.24) is 9.97 Å². The van der Waals surface area contributed by atoms with Crippen molar-refractivity contribution in [2.75, 3.05) is 7.11 Å². The predicted molar refractivity (Wildman–Crippen MR) is 81.9 cm³/mol. The summed E-state index contributed by atoms with van der Waals surface area (Å²) in [7, 11) is 1.37. The van der Waals surface area contributed by atoms with Crippen molar-refractivity contribution in [3.8, 4) is 10.4 Å². The fourth-order valence-corrected chi connectivity index (χ4v) is 3.61. The lowest BCUT2D eigenvalue weighted by Gasteiger charge is -2.01. The largest absolute Gasteiger partial charge is 0.465 e. The number of carbonyl (C=O) groups is 1. The molecule has 0 aliphatic rings. The monoisotopic (exact) mass is 348 g/mol. The Labute approximate surface area is 127 Å². The Morgan fingerprint density at radius 1 is 1.15 bits per heavy atom. The van der Waals surface area contributed by atoms with Gasteiger partial charge in [-0.2, -0.15) is 0 Å². The van der Waals surface area contributed by atoms with Crippen LogP contribution in [0.5, 0.6) is 0 Å². The molecule has 0 unspecified atom stereocenters. The Bertz CT molecular complexity index is 783. The first-order valence-electron chi connectivity index (χ1n) is 5.78. The van der Waals surface area contributed by atoms with Crippen LogP contribution in [-0.4, -0.2) is 23.0 Å². The van der Waals surface area contributed by atoms with Gasteiger partial charge in [0.05, 0.1) is 21.3 Å². The number of hydrogen-bond donors (Lipinski definition) is 0. The minimum absolute atomic E-state index is 0.339. The third kappa shape index (κ3) is 2.21. The first kappa shape index (κ1) is 13.2. The Balaban J connectivity index is 2.09. The van der Waals surface area contributed by atoms with Gasteiger partial charge in [-0.3, -0.25) is 9.97 Å². The number of rotatable bonds is 2. The van der Waals surface area contributed by atoms with Gasteiger partial charge in [0, 0.05) is 12.4 Å². The first-order chi connectivity index (χ1) is 9.70.